The fourth-order valence-electron chi connectivity index (χ4n) is 1.39. The van der Waals surface area contributed by atoms with Crippen molar-refractivity contribution in [2.45, 2.75) is 0 Å². The normalized spacial score (nSPS) is 10.8. The second kappa shape index (κ2) is 3.20. The molecule has 1 heterocycles. The molecule has 2 nitrogen and oxygen atoms in total. The van der Waals surface area contributed by atoms with Crippen molar-refractivity contribution in [2.24, 2.45) is 7.05 Å². The third kappa shape index (κ3) is 1.35. The molecular formula is C10H7BrFNO. The van der Waals surface area contributed by atoms with E-state index in [4.69, 9.17) is 0 Å². The van der Waals surface area contributed by atoms with E-state index in [1.165, 1.54) is 22.8 Å². The van der Waals surface area contributed by atoms with Gasteiger partial charge in [-0.25, -0.2) is 4.39 Å². The van der Waals surface area contributed by atoms with Crippen LogP contribution in [0.1, 0.15) is 0 Å². The highest BCUT2D eigenvalue weighted by Crippen LogP contribution is 2.21. The number of hydrogen-bond donors (Lipinski definition) is 0. The fraction of sp³-hybridized carbons (Fsp3) is 0.100. The lowest BCUT2D eigenvalue weighted by atomic mass is 10.2. The Balaban J connectivity index is 3.02. The standard InChI is InChI=1S/C10H7BrFNO/c1-13-5-9(11)8-4-6(12)2-3-7(8)10(13)14/h2-5H,1H3. The predicted octanol–water partition coefficient (Wildman–Crippen LogP) is 2.44. The summed E-state index contributed by atoms with van der Waals surface area (Å²) in [7, 11) is 1.66. The van der Waals surface area contributed by atoms with Gasteiger partial charge >= 0.3 is 0 Å². The fourth-order valence-corrected chi connectivity index (χ4v) is 2.02. The van der Waals surface area contributed by atoms with Crippen LogP contribution in [0, 0.1) is 5.82 Å². The third-order valence-electron chi connectivity index (χ3n) is 2.10. The molecule has 0 saturated carbocycles. The van der Waals surface area contributed by atoms with Gasteiger partial charge in [-0.2, -0.15) is 0 Å². The van der Waals surface area contributed by atoms with Gasteiger partial charge in [0.1, 0.15) is 5.82 Å². The van der Waals surface area contributed by atoms with Gasteiger partial charge in [0.2, 0.25) is 0 Å². The molecule has 0 N–H and O–H groups in total. The number of rotatable bonds is 0. The van der Waals surface area contributed by atoms with Crippen LogP contribution in [0.5, 0.6) is 0 Å². The van der Waals surface area contributed by atoms with Crippen molar-refractivity contribution in [3.8, 4) is 0 Å². The molecule has 0 spiro atoms. The Labute approximate surface area is 88.1 Å². The largest absolute Gasteiger partial charge is 0.317 e. The van der Waals surface area contributed by atoms with Gasteiger partial charge in [0, 0.05) is 28.5 Å². The number of aryl methyl sites for hydroxylation is 1. The lowest BCUT2D eigenvalue weighted by molar-refractivity contribution is 0.629. The van der Waals surface area contributed by atoms with E-state index in [1.807, 2.05) is 0 Å². The second-order valence-electron chi connectivity index (χ2n) is 3.08. The molecule has 0 aliphatic heterocycles. The second-order valence-corrected chi connectivity index (χ2v) is 3.94. The zero-order valence-electron chi connectivity index (χ0n) is 7.42. The SMILES string of the molecule is Cn1cc(Br)c2cc(F)ccc2c1=O. The predicted molar refractivity (Wildman–Crippen MR) is 56.8 cm³/mol. The molecule has 72 valence electrons. The molecule has 2 aromatic rings. The first kappa shape index (κ1) is 9.40. The Morgan fingerprint density at radius 3 is 2.79 bits per heavy atom. The van der Waals surface area contributed by atoms with Crippen molar-refractivity contribution in [1.29, 1.82) is 0 Å². The summed E-state index contributed by atoms with van der Waals surface area (Å²) in [5.41, 5.74) is -0.122. The summed E-state index contributed by atoms with van der Waals surface area (Å²) in [6.07, 6.45) is 1.63. The summed E-state index contributed by atoms with van der Waals surface area (Å²) in [6, 6.07) is 4.13. The zero-order valence-corrected chi connectivity index (χ0v) is 9.01. The van der Waals surface area contributed by atoms with Crippen molar-refractivity contribution >= 4 is 26.7 Å². The molecule has 0 fully saturated rings. The maximum Gasteiger partial charge on any atom is 0.258 e. The van der Waals surface area contributed by atoms with Gasteiger partial charge in [0.25, 0.3) is 5.56 Å². The van der Waals surface area contributed by atoms with E-state index in [0.717, 1.165) is 0 Å². The molecular weight excluding hydrogens is 249 g/mol. The van der Waals surface area contributed by atoms with Crippen LogP contribution in [-0.2, 0) is 7.05 Å². The number of pyridine rings is 1. The van der Waals surface area contributed by atoms with Crippen LogP contribution in [0.4, 0.5) is 4.39 Å². The minimum atomic E-state index is -0.341. The Bertz CT molecular complexity index is 562. The molecule has 0 unspecified atom stereocenters. The summed E-state index contributed by atoms with van der Waals surface area (Å²) < 4.78 is 15.1. The smallest absolute Gasteiger partial charge is 0.258 e. The van der Waals surface area contributed by atoms with Gasteiger partial charge in [-0.3, -0.25) is 4.79 Å². The van der Waals surface area contributed by atoms with E-state index in [0.29, 0.717) is 15.2 Å². The highest BCUT2D eigenvalue weighted by Gasteiger charge is 2.05. The molecule has 2 rings (SSSR count). The van der Waals surface area contributed by atoms with Crippen LogP contribution in [0.25, 0.3) is 10.8 Å². The molecule has 14 heavy (non-hydrogen) atoms. The van der Waals surface area contributed by atoms with E-state index in [2.05, 4.69) is 15.9 Å². The molecule has 4 heteroatoms. The minimum absolute atomic E-state index is 0.122. The van der Waals surface area contributed by atoms with E-state index >= 15 is 0 Å². The van der Waals surface area contributed by atoms with E-state index in [9.17, 15) is 9.18 Å². The maximum atomic E-state index is 12.9. The summed E-state index contributed by atoms with van der Waals surface area (Å²) in [5, 5.41) is 1.12. The molecule has 1 aromatic carbocycles. The molecule has 0 aliphatic rings. The molecule has 0 saturated heterocycles. The lowest BCUT2D eigenvalue weighted by Crippen LogP contribution is -2.16. The Hall–Kier alpha value is -1.16. The highest BCUT2D eigenvalue weighted by molar-refractivity contribution is 9.10. The molecule has 0 bridgehead atoms. The van der Waals surface area contributed by atoms with Gasteiger partial charge in [0.15, 0.2) is 0 Å². The van der Waals surface area contributed by atoms with Gasteiger partial charge < -0.3 is 4.57 Å². The van der Waals surface area contributed by atoms with Crippen LogP contribution >= 0.6 is 15.9 Å². The molecule has 1 aromatic heterocycles. The van der Waals surface area contributed by atoms with Crippen molar-refractivity contribution in [3.05, 3.63) is 45.0 Å². The molecule has 0 atom stereocenters. The summed E-state index contributed by atoms with van der Waals surface area (Å²) in [5.74, 6) is -0.341. The molecule has 0 amide bonds. The van der Waals surface area contributed by atoms with E-state index in [-0.39, 0.29) is 11.4 Å². The number of fused-ring (bicyclic) bond motifs is 1. The van der Waals surface area contributed by atoms with E-state index < -0.39 is 0 Å². The first-order valence-corrected chi connectivity index (χ1v) is 4.83. The average Bonchev–Trinajstić information content (AvgIpc) is 2.14. The van der Waals surface area contributed by atoms with E-state index in [1.54, 1.807) is 13.2 Å². The van der Waals surface area contributed by atoms with Crippen LogP contribution in [0.3, 0.4) is 0 Å². The van der Waals surface area contributed by atoms with Crippen LogP contribution < -0.4 is 5.56 Å². The van der Waals surface area contributed by atoms with Crippen molar-refractivity contribution < 1.29 is 4.39 Å². The van der Waals surface area contributed by atoms with Gasteiger partial charge in [-0.05, 0) is 34.1 Å². The highest BCUT2D eigenvalue weighted by atomic mass is 79.9. The topological polar surface area (TPSA) is 22.0 Å². The van der Waals surface area contributed by atoms with Gasteiger partial charge in [0.05, 0.1) is 0 Å². The van der Waals surface area contributed by atoms with Gasteiger partial charge in [-0.1, -0.05) is 0 Å². The summed E-state index contributed by atoms with van der Waals surface area (Å²) >= 11 is 3.29. The lowest BCUT2D eigenvalue weighted by Gasteiger charge is -2.03. The monoisotopic (exact) mass is 255 g/mol. The molecule has 0 radical (unpaired) electrons. The Morgan fingerprint density at radius 2 is 2.07 bits per heavy atom. The number of hydrogen-bond acceptors (Lipinski definition) is 1. The third-order valence-corrected chi connectivity index (χ3v) is 2.73. The Morgan fingerprint density at radius 1 is 1.36 bits per heavy atom. The van der Waals surface area contributed by atoms with Crippen LogP contribution in [0.15, 0.2) is 33.7 Å². The van der Waals surface area contributed by atoms with Crippen molar-refractivity contribution in [1.82, 2.24) is 4.57 Å². The first-order valence-electron chi connectivity index (χ1n) is 4.04. The van der Waals surface area contributed by atoms with Crippen LogP contribution in [0.2, 0.25) is 0 Å². The summed E-state index contributed by atoms with van der Waals surface area (Å²) in [6.45, 7) is 0. The number of halogens is 2. The number of benzene rings is 1. The van der Waals surface area contributed by atoms with Crippen molar-refractivity contribution in [2.75, 3.05) is 0 Å². The summed E-state index contributed by atoms with van der Waals surface area (Å²) in [4.78, 5) is 11.6. The average molecular weight is 256 g/mol. The quantitative estimate of drug-likeness (QED) is 0.709. The zero-order chi connectivity index (χ0) is 10.3. The first-order chi connectivity index (χ1) is 6.59. The maximum absolute atomic E-state index is 12.9. The van der Waals surface area contributed by atoms with Crippen molar-refractivity contribution in [3.63, 3.8) is 0 Å². The minimum Gasteiger partial charge on any atom is -0.317 e. The Kier molecular flexibility index (Phi) is 2.15. The number of aromatic nitrogens is 1. The van der Waals surface area contributed by atoms with Gasteiger partial charge in [-0.15, -0.1) is 0 Å². The van der Waals surface area contributed by atoms with Crippen LogP contribution in [-0.4, -0.2) is 4.57 Å². The molecule has 0 aliphatic carbocycles. The number of nitrogens with zero attached hydrogens (tertiary/aromatic N) is 1.